The highest BCUT2D eigenvalue weighted by molar-refractivity contribution is 5.78. The van der Waals surface area contributed by atoms with E-state index < -0.39 is 5.92 Å². The fraction of sp³-hybridized carbons (Fsp3) is 0.636. The number of aromatic nitrogens is 2. The molecule has 1 heterocycles. The monoisotopic (exact) mass is 223 g/mol. The van der Waals surface area contributed by atoms with E-state index in [1.54, 1.807) is 0 Å². The topological polar surface area (TPSA) is 81.0 Å². The van der Waals surface area contributed by atoms with E-state index in [2.05, 4.69) is 10.2 Å². The number of aryl methyl sites for hydroxylation is 1. The van der Waals surface area contributed by atoms with Crippen LogP contribution in [0.1, 0.15) is 35.7 Å². The molecule has 0 saturated carbocycles. The maximum atomic E-state index is 11.6. The van der Waals surface area contributed by atoms with Gasteiger partial charge in [-0.3, -0.25) is 9.89 Å². The Morgan fingerprint density at radius 2 is 2.31 bits per heavy atom. The number of fused-ring (bicyclic) bond motifs is 1. The average molecular weight is 223 g/mol. The number of carbonyl (C=O) groups is 1. The molecule has 1 aliphatic rings. The van der Waals surface area contributed by atoms with E-state index in [-0.39, 0.29) is 12.5 Å². The van der Waals surface area contributed by atoms with Crippen LogP contribution in [-0.2, 0) is 22.4 Å². The molecule has 3 N–H and O–H groups in total. The number of H-pyrrole nitrogens is 1. The van der Waals surface area contributed by atoms with Crippen LogP contribution in [0.3, 0.4) is 0 Å². The summed E-state index contributed by atoms with van der Waals surface area (Å²) in [6.07, 6.45) is 4.33. The van der Waals surface area contributed by atoms with Crippen molar-refractivity contribution >= 4 is 5.97 Å². The molecular weight excluding hydrogens is 206 g/mol. The van der Waals surface area contributed by atoms with Crippen LogP contribution in [0.5, 0.6) is 0 Å². The van der Waals surface area contributed by atoms with Crippen LogP contribution in [0.25, 0.3) is 0 Å². The Morgan fingerprint density at radius 3 is 3.00 bits per heavy atom. The zero-order valence-electron chi connectivity index (χ0n) is 9.45. The number of nitrogens with one attached hydrogen (secondary N) is 1. The number of rotatable bonds is 3. The largest absolute Gasteiger partial charge is 0.468 e. The highest BCUT2D eigenvalue weighted by Crippen LogP contribution is 2.27. The molecule has 0 radical (unpaired) electrons. The van der Waals surface area contributed by atoms with Gasteiger partial charge in [-0.05, 0) is 31.2 Å². The lowest BCUT2D eigenvalue weighted by atomic mass is 9.91. The number of aromatic amines is 1. The Morgan fingerprint density at radius 1 is 1.56 bits per heavy atom. The smallest absolute Gasteiger partial charge is 0.316 e. The maximum absolute atomic E-state index is 11.6. The fourth-order valence-corrected chi connectivity index (χ4v) is 2.26. The number of nitrogens with zero attached hydrogens (tertiary/aromatic N) is 1. The third-order valence-corrected chi connectivity index (χ3v) is 3.14. The first-order valence-corrected chi connectivity index (χ1v) is 5.61. The van der Waals surface area contributed by atoms with Gasteiger partial charge in [-0.1, -0.05) is 0 Å². The second-order valence-electron chi connectivity index (χ2n) is 4.08. The molecule has 0 aromatic carbocycles. The summed E-state index contributed by atoms with van der Waals surface area (Å²) in [5.74, 6) is -0.731. The van der Waals surface area contributed by atoms with Gasteiger partial charge in [0.25, 0.3) is 0 Å². The fourth-order valence-electron chi connectivity index (χ4n) is 2.26. The molecule has 1 unspecified atom stereocenters. The molecule has 5 nitrogen and oxygen atoms in total. The molecule has 0 aliphatic heterocycles. The lowest BCUT2D eigenvalue weighted by Crippen LogP contribution is -2.24. The molecule has 0 fully saturated rings. The van der Waals surface area contributed by atoms with Gasteiger partial charge in [0.1, 0.15) is 5.92 Å². The summed E-state index contributed by atoms with van der Waals surface area (Å²) in [7, 11) is 1.38. The Balaban J connectivity index is 2.31. The number of methoxy groups -OCH3 is 1. The van der Waals surface area contributed by atoms with Crippen molar-refractivity contribution in [3.8, 4) is 0 Å². The SMILES string of the molecule is COC(=O)C(CN)c1n[nH]c2c1CCCC2. The Labute approximate surface area is 94.4 Å². The van der Waals surface area contributed by atoms with Crippen LogP contribution in [0.2, 0.25) is 0 Å². The molecule has 1 aromatic rings. The second kappa shape index (κ2) is 4.65. The maximum Gasteiger partial charge on any atom is 0.316 e. The Kier molecular flexibility index (Phi) is 3.24. The molecule has 16 heavy (non-hydrogen) atoms. The lowest BCUT2D eigenvalue weighted by molar-refractivity contribution is -0.142. The van der Waals surface area contributed by atoms with Crippen molar-refractivity contribution < 1.29 is 9.53 Å². The van der Waals surface area contributed by atoms with E-state index in [0.29, 0.717) is 0 Å². The Hall–Kier alpha value is -1.36. The van der Waals surface area contributed by atoms with E-state index in [1.807, 2.05) is 0 Å². The van der Waals surface area contributed by atoms with Crippen molar-refractivity contribution in [2.24, 2.45) is 5.73 Å². The van der Waals surface area contributed by atoms with Crippen LogP contribution >= 0.6 is 0 Å². The molecule has 1 aromatic heterocycles. The minimum atomic E-state index is -0.428. The normalized spacial score (nSPS) is 16.6. The molecule has 0 saturated heterocycles. The summed E-state index contributed by atoms with van der Waals surface area (Å²) < 4.78 is 4.75. The summed E-state index contributed by atoms with van der Waals surface area (Å²) in [6.45, 7) is 0.240. The van der Waals surface area contributed by atoms with Gasteiger partial charge < -0.3 is 10.5 Å². The quantitative estimate of drug-likeness (QED) is 0.731. The van der Waals surface area contributed by atoms with Crippen molar-refractivity contribution in [2.45, 2.75) is 31.6 Å². The molecule has 1 atom stereocenters. The number of nitrogens with two attached hydrogens (primary N) is 1. The summed E-state index contributed by atoms with van der Waals surface area (Å²) in [5.41, 5.74) is 8.73. The minimum Gasteiger partial charge on any atom is -0.468 e. The van der Waals surface area contributed by atoms with Gasteiger partial charge >= 0.3 is 5.97 Å². The van der Waals surface area contributed by atoms with Crippen LogP contribution in [-0.4, -0.2) is 29.8 Å². The highest BCUT2D eigenvalue weighted by Gasteiger charge is 2.28. The minimum absolute atomic E-state index is 0.240. The van der Waals surface area contributed by atoms with Crippen LogP contribution in [0.4, 0.5) is 0 Å². The molecule has 88 valence electrons. The van der Waals surface area contributed by atoms with Crippen LogP contribution in [0, 0.1) is 0 Å². The van der Waals surface area contributed by atoms with Crippen molar-refractivity contribution in [3.05, 3.63) is 17.0 Å². The van der Waals surface area contributed by atoms with Crippen molar-refractivity contribution in [1.82, 2.24) is 10.2 Å². The van der Waals surface area contributed by atoms with E-state index in [9.17, 15) is 4.79 Å². The summed E-state index contributed by atoms with van der Waals surface area (Å²) >= 11 is 0. The molecule has 0 spiro atoms. The third-order valence-electron chi connectivity index (χ3n) is 3.14. The van der Waals surface area contributed by atoms with Crippen molar-refractivity contribution in [3.63, 3.8) is 0 Å². The van der Waals surface area contributed by atoms with E-state index in [4.69, 9.17) is 10.5 Å². The number of hydrogen-bond donors (Lipinski definition) is 2. The number of carbonyl (C=O) groups excluding carboxylic acids is 1. The first-order chi connectivity index (χ1) is 7.77. The van der Waals surface area contributed by atoms with Gasteiger partial charge in [-0.25, -0.2) is 0 Å². The number of hydrogen-bond acceptors (Lipinski definition) is 4. The van der Waals surface area contributed by atoms with E-state index >= 15 is 0 Å². The van der Waals surface area contributed by atoms with Gasteiger partial charge in [0.15, 0.2) is 0 Å². The molecule has 2 rings (SSSR count). The number of esters is 1. The number of ether oxygens (including phenoxy) is 1. The summed E-state index contributed by atoms with van der Waals surface area (Å²) in [6, 6.07) is 0. The van der Waals surface area contributed by atoms with Gasteiger partial charge in [-0.15, -0.1) is 0 Å². The molecule has 5 heteroatoms. The average Bonchev–Trinajstić information content (AvgIpc) is 2.74. The van der Waals surface area contributed by atoms with E-state index in [1.165, 1.54) is 19.1 Å². The van der Waals surface area contributed by atoms with Crippen LogP contribution < -0.4 is 5.73 Å². The second-order valence-corrected chi connectivity index (χ2v) is 4.08. The molecular formula is C11H17N3O2. The zero-order chi connectivity index (χ0) is 11.5. The lowest BCUT2D eigenvalue weighted by Gasteiger charge is -2.15. The van der Waals surface area contributed by atoms with Crippen LogP contribution in [0.15, 0.2) is 0 Å². The first kappa shape index (κ1) is 11.1. The standard InChI is InChI=1S/C11H17N3O2/c1-16-11(15)8(6-12)10-7-4-2-3-5-9(7)13-14-10/h8H,2-6,12H2,1H3,(H,13,14). The third kappa shape index (κ3) is 1.82. The highest BCUT2D eigenvalue weighted by atomic mass is 16.5. The van der Waals surface area contributed by atoms with Gasteiger partial charge in [-0.2, -0.15) is 5.10 Å². The van der Waals surface area contributed by atoms with E-state index in [0.717, 1.165) is 30.7 Å². The zero-order valence-corrected chi connectivity index (χ0v) is 9.45. The van der Waals surface area contributed by atoms with Gasteiger partial charge in [0.2, 0.25) is 0 Å². The van der Waals surface area contributed by atoms with Gasteiger partial charge in [0.05, 0.1) is 12.8 Å². The molecule has 1 aliphatic carbocycles. The molecule has 0 amide bonds. The summed E-state index contributed by atoms with van der Waals surface area (Å²) in [5, 5.41) is 7.24. The Bertz CT molecular complexity index is 387. The predicted molar refractivity (Wildman–Crippen MR) is 59.0 cm³/mol. The van der Waals surface area contributed by atoms with Gasteiger partial charge in [0, 0.05) is 12.2 Å². The molecule has 0 bridgehead atoms. The van der Waals surface area contributed by atoms with Crippen molar-refractivity contribution in [2.75, 3.05) is 13.7 Å². The predicted octanol–water partition coefficient (Wildman–Crippen LogP) is 0.504. The summed E-state index contributed by atoms with van der Waals surface area (Å²) in [4.78, 5) is 11.6. The van der Waals surface area contributed by atoms with Crippen molar-refractivity contribution in [1.29, 1.82) is 0 Å². The first-order valence-electron chi connectivity index (χ1n) is 5.61.